The Kier molecular flexibility index (Phi) is 38.1. The molecule has 145 heavy (non-hydrogen) atoms. The van der Waals surface area contributed by atoms with Gasteiger partial charge in [0.05, 0.1) is 85.3 Å². The zero-order valence-electron chi connectivity index (χ0n) is 80.3. The highest BCUT2D eigenvalue weighted by Crippen LogP contribution is 2.53. The first-order chi connectivity index (χ1) is 69.5. The molecule has 15 aromatic rings. The molecular weight excluding hydrogens is 1960 g/mol. The van der Waals surface area contributed by atoms with E-state index in [1.165, 1.54) is 25.3 Å². The summed E-state index contributed by atoms with van der Waals surface area (Å²) in [5, 5.41) is 0. The minimum Gasteiger partial charge on any atom is -0.496 e. The van der Waals surface area contributed by atoms with Crippen LogP contribution < -0.4 is 49.9 Å². The van der Waals surface area contributed by atoms with Crippen LogP contribution in [0.15, 0.2) is 214 Å². The summed E-state index contributed by atoms with van der Waals surface area (Å²) in [5.41, 5.74) is 33.2. The van der Waals surface area contributed by atoms with Gasteiger partial charge in [0.15, 0.2) is 67.8 Å². The van der Waals surface area contributed by atoms with Crippen molar-refractivity contribution >= 4 is 122 Å². The fourth-order valence-electron chi connectivity index (χ4n) is 13.6. The number of hydrogen-bond donors (Lipinski definition) is 8. The van der Waals surface area contributed by atoms with E-state index in [2.05, 4.69) is 59.8 Å². The Balaban J connectivity index is 0.000000162. The topological polar surface area (TPSA) is 615 Å². The molecule has 0 saturated heterocycles. The largest absolute Gasteiger partial charge is 0.496 e. The van der Waals surface area contributed by atoms with Crippen molar-refractivity contribution in [2.75, 3.05) is 108 Å². The molecule has 764 valence electrons. The standard InChI is InChI=1S/C26H30N5O7P.C25H28N5O6P.C24H26N5O6P.C21H26N5O6P/c1-17-4-6-19(7-5-17)13-37-39(34,38-14-21(32)20-8-9-22(35-3)18(2)12-20)16-36-11-10-31-15-28-23-24(31)29-26(27)30-25(23)33;1-17-3-7-19(8-4-17)13-35-37(33,36-14-21(31)20-9-5-18(2)6-10-20)16-34-12-11-30-15-27-22-23(30)28-25(26)29-24(22)32;1-17-7-9-18(10-8-17)13-34-36(32,35-14-20(30)19-5-3-2-4-6-19)16-33-12-11-29-15-26-21-22(29)27-24(25)28-23(21)31;1-14-2-4-15(5-3-14)10-31-33(29,32-11-17(27)16-6-7-16)13-30-9-8-26-12-23-18-19(26)24-21(22)25-20(18)28/h4-9,12,15H,10-11,13-14,16H2,1-3H3,(H3,27,29,30,33);3-10,15H,11-14,16H2,1-2H3,(H3,26,28,29,32);2-10,15H,11-14,16H2,1H3,(H3,25,27,28,31);2-5,12,16H,6-11,13H2,1H3,(H3,22,24,25,28). The Morgan fingerprint density at radius 2 is 0.607 bits per heavy atom. The number of rotatable bonds is 49. The van der Waals surface area contributed by atoms with Gasteiger partial charge in [0.1, 0.15) is 57.6 Å². The monoisotopic (exact) mass is 2070 g/mol. The summed E-state index contributed by atoms with van der Waals surface area (Å²) in [6, 6.07) is 50.9. The Hall–Kier alpha value is -13.9. The van der Waals surface area contributed by atoms with E-state index in [4.69, 9.17) is 82.8 Å². The van der Waals surface area contributed by atoms with Gasteiger partial charge < -0.3 is 83.0 Å². The average molecular weight is 2070 g/mol. The number of nitrogens with two attached hydrogens (primary N) is 4. The maximum absolute atomic E-state index is 13.6. The van der Waals surface area contributed by atoms with Crippen LogP contribution >= 0.6 is 30.4 Å². The highest BCUT2D eigenvalue weighted by Gasteiger charge is 2.35. The number of aryl methyl sites for hydroxylation is 6. The number of imidazole rings is 4. The first kappa shape index (κ1) is 108. The molecule has 0 bridgehead atoms. The van der Waals surface area contributed by atoms with E-state index in [9.17, 15) is 56.6 Å². The number of hydrogen-bond acceptors (Lipinski definition) is 37. The summed E-state index contributed by atoms with van der Waals surface area (Å²) >= 11 is 0. The van der Waals surface area contributed by atoms with Crippen LogP contribution in [0.5, 0.6) is 5.75 Å². The van der Waals surface area contributed by atoms with Crippen molar-refractivity contribution in [3.05, 3.63) is 309 Å². The van der Waals surface area contributed by atoms with E-state index in [-0.39, 0.29) is 180 Å². The number of ketones is 4. The van der Waals surface area contributed by atoms with Crippen LogP contribution in [-0.4, -0.2) is 187 Å². The molecule has 8 aromatic heterocycles. The first-order valence-electron chi connectivity index (χ1n) is 45.3. The van der Waals surface area contributed by atoms with Gasteiger partial charge in [0.25, 0.3) is 22.2 Å². The molecule has 0 spiro atoms. The molecule has 1 fully saturated rings. The lowest BCUT2D eigenvalue weighted by Gasteiger charge is -2.19. The number of aromatic nitrogens is 16. The number of nitrogens with one attached hydrogen (secondary N) is 4. The predicted molar refractivity (Wildman–Crippen MR) is 538 cm³/mol. The van der Waals surface area contributed by atoms with E-state index in [0.29, 0.717) is 45.0 Å². The number of nitrogen functional groups attached to an aromatic ring is 4. The minimum absolute atomic E-state index is 0.00549. The molecule has 4 atom stereocenters. The quantitative estimate of drug-likeness (QED) is 0.00997. The summed E-state index contributed by atoms with van der Waals surface area (Å²) in [6.45, 7) is 11.6. The van der Waals surface area contributed by atoms with Crippen molar-refractivity contribution in [3.8, 4) is 5.75 Å². The molecule has 1 aliphatic carbocycles. The lowest BCUT2D eigenvalue weighted by atomic mass is 10.1. The number of methoxy groups -OCH3 is 1. The number of carbonyl (C=O) groups excluding carboxylic acids is 4. The smallest absolute Gasteiger partial charge is 0.356 e. The second-order valence-electron chi connectivity index (χ2n) is 33.4. The third kappa shape index (κ3) is 32.0. The normalized spacial score (nSPS) is 13.6. The number of fused-ring (bicyclic) bond motifs is 4. The molecule has 1 saturated carbocycles. The van der Waals surface area contributed by atoms with Gasteiger partial charge in [-0.2, -0.15) is 19.9 Å². The molecule has 7 aromatic carbocycles. The van der Waals surface area contributed by atoms with Crippen LogP contribution in [0.25, 0.3) is 44.7 Å². The van der Waals surface area contributed by atoms with Crippen LogP contribution in [0.3, 0.4) is 0 Å². The van der Waals surface area contributed by atoms with Crippen molar-refractivity contribution in [1.29, 1.82) is 0 Å². The highest BCUT2D eigenvalue weighted by molar-refractivity contribution is 7.54. The summed E-state index contributed by atoms with van der Waals surface area (Å²) in [6.07, 6.45) is 6.00. The molecule has 0 radical (unpaired) electrons. The number of H-pyrrole nitrogens is 4. The second kappa shape index (κ2) is 51.0. The maximum atomic E-state index is 13.6. The van der Waals surface area contributed by atoms with Crippen LogP contribution in [-0.2, 0) is 131 Å². The molecular formula is C96H110N20O25P4. The summed E-state index contributed by atoms with van der Waals surface area (Å²) in [5.74, 6) is -0.540. The fourth-order valence-corrected chi connectivity index (χ4v) is 18.5. The number of aromatic amines is 4. The number of ether oxygens (including phenoxy) is 5. The van der Waals surface area contributed by atoms with Crippen LogP contribution in [0.1, 0.15) is 99.6 Å². The van der Waals surface area contributed by atoms with Gasteiger partial charge in [-0.1, -0.05) is 179 Å². The van der Waals surface area contributed by atoms with Crippen LogP contribution in [0.2, 0.25) is 0 Å². The van der Waals surface area contributed by atoms with Crippen molar-refractivity contribution < 1.29 is 97.3 Å². The Morgan fingerprint density at radius 3 is 0.883 bits per heavy atom. The van der Waals surface area contributed by atoms with E-state index >= 15 is 0 Å². The van der Waals surface area contributed by atoms with E-state index < -0.39 is 78.8 Å². The second-order valence-corrected chi connectivity index (χ2v) is 41.4. The molecule has 8 heterocycles. The van der Waals surface area contributed by atoms with Crippen LogP contribution in [0.4, 0.5) is 23.8 Å². The number of carbonyl (C=O) groups is 4. The SMILES string of the molecule is COc1ccc(C(=O)COP(=O)(COCCn2cnc3c(=O)[nH]c(N)nc32)OCc2ccc(C)cc2)cc1C.Cc1ccc(COP(=O)(COCCn2cnc3c(=O)[nH]c(N)nc32)OCC(=O)C2CC2)cc1.Cc1ccc(COP(=O)(COCCn2cnc3c(=O)[nH]c(N)nc32)OCC(=O)c2ccc(C)cc2)cc1.Cc1ccc(COP(=O)(COCCn2cnc3c(=O)[nH]c(N)nc32)OCC(=O)c2ccccc2)cc1. The van der Waals surface area contributed by atoms with Gasteiger partial charge in [0, 0.05) is 48.8 Å². The van der Waals surface area contributed by atoms with Crippen molar-refractivity contribution in [2.45, 2.75) is 107 Å². The molecule has 12 N–H and O–H groups in total. The summed E-state index contributed by atoms with van der Waals surface area (Å²) in [4.78, 5) is 140. The maximum Gasteiger partial charge on any atom is 0.356 e. The molecule has 45 nitrogen and oxygen atoms in total. The van der Waals surface area contributed by atoms with Gasteiger partial charge in [-0.15, -0.1) is 0 Å². The first-order valence-corrected chi connectivity index (χ1v) is 52.2. The lowest BCUT2D eigenvalue weighted by molar-refractivity contribution is -0.122. The molecule has 49 heteroatoms. The number of benzene rings is 7. The van der Waals surface area contributed by atoms with E-state index in [0.717, 1.165) is 68.5 Å². The predicted octanol–water partition coefficient (Wildman–Crippen LogP) is 12.9. The lowest BCUT2D eigenvalue weighted by Crippen LogP contribution is -2.14. The molecule has 16 rings (SSSR count). The third-order valence-corrected chi connectivity index (χ3v) is 28.0. The molecule has 1 aliphatic rings. The zero-order chi connectivity index (χ0) is 103. The van der Waals surface area contributed by atoms with Gasteiger partial charge in [-0.05, 0) is 100 Å². The number of Topliss-reactive ketones (excluding diaryl/α,β-unsaturated/α-hetero) is 4. The third-order valence-electron chi connectivity index (χ3n) is 21.9. The van der Waals surface area contributed by atoms with Crippen LogP contribution in [0, 0.1) is 47.5 Å². The van der Waals surface area contributed by atoms with E-state index in [1.54, 1.807) is 86.0 Å². The van der Waals surface area contributed by atoms with Gasteiger partial charge in [0.2, 0.25) is 23.8 Å². The van der Waals surface area contributed by atoms with E-state index in [1.807, 2.05) is 151 Å². The van der Waals surface area contributed by atoms with Crippen molar-refractivity contribution in [3.63, 3.8) is 0 Å². The average Bonchev–Trinajstić information content (AvgIpc) is 1.67. The number of anilines is 4. The van der Waals surface area contributed by atoms with Crippen molar-refractivity contribution in [2.24, 2.45) is 5.92 Å². The molecule has 0 amide bonds. The van der Waals surface area contributed by atoms with Gasteiger partial charge in [-0.3, -0.25) is 94.6 Å². The Labute approximate surface area is 828 Å². The Morgan fingerprint density at radius 1 is 0.345 bits per heavy atom. The van der Waals surface area contributed by atoms with Gasteiger partial charge in [-0.25, -0.2) is 19.9 Å². The number of nitrogens with zero attached hydrogens (tertiary/aromatic N) is 12. The molecule has 4 unspecified atom stereocenters. The minimum atomic E-state index is -3.85. The summed E-state index contributed by atoms with van der Waals surface area (Å²) < 4.78 is 132. The summed E-state index contributed by atoms with van der Waals surface area (Å²) in [7, 11) is -13.6. The fraction of sp³-hybridized carbons (Fsp3) is 0.312. The van der Waals surface area contributed by atoms with Gasteiger partial charge >= 0.3 is 30.4 Å². The zero-order valence-corrected chi connectivity index (χ0v) is 83.9. The Bertz CT molecular complexity index is 7470. The van der Waals surface area contributed by atoms with Crippen molar-refractivity contribution in [1.82, 2.24) is 78.1 Å². The highest BCUT2D eigenvalue weighted by atomic mass is 31.2. The molecule has 0 aliphatic heterocycles.